The van der Waals surface area contributed by atoms with Crippen molar-refractivity contribution >= 4 is 16.3 Å². The summed E-state index contributed by atoms with van der Waals surface area (Å²) in [6.45, 7) is 6.86. The van der Waals surface area contributed by atoms with Gasteiger partial charge in [0, 0.05) is 17.6 Å². The lowest BCUT2D eigenvalue weighted by Crippen LogP contribution is -2.48. The summed E-state index contributed by atoms with van der Waals surface area (Å²) in [6.07, 6.45) is 5.68. The zero-order valence-electron chi connectivity index (χ0n) is 18.8. The van der Waals surface area contributed by atoms with E-state index in [1.807, 2.05) is 12.1 Å². The highest BCUT2D eigenvalue weighted by molar-refractivity contribution is 7.90. The van der Waals surface area contributed by atoms with Gasteiger partial charge in [-0.1, -0.05) is 12.1 Å². The second kappa shape index (κ2) is 10.9. The molecule has 0 bridgehead atoms. The van der Waals surface area contributed by atoms with Crippen LogP contribution in [0.25, 0.3) is 0 Å². The topological polar surface area (TPSA) is 93.7 Å². The summed E-state index contributed by atoms with van der Waals surface area (Å²) >= 11 is 0. The van der Waals surface area contributed by atoms with E-state index < -0.39 is 15.3 Å². The van der Waals surface area contributed by atoms with Crippen molar-refractivity contribution in [2.24, 2.45) is 0 Å². The van der Waals surface area contributed by atoms with Gasteiger partial charge in [0.1, 0.15) is 12.4 Å². The molecule has 1 aromatic rings. The smallest absolute Gasteiger partial charge is 0.214 e. The van der Waals surface area contributed by atoms with E-state index in [4.69, 9.17) is 9.47 Å². The van der Waals surface area contributed by atoms with Crippen LogP contribution < -0.4 is 14.8 Å². The first-order valence-electron chi connectivity index (χ1n) is 11.3. The molecule has 0 unspecified atom stereocenters. The van der Waals surface area contributed by atoms with Crippen molar-refractivity contribution in [3.63, 3.8) is 0 Å². The van der Waals surface area contributed by atoms with Crippen LogP contribution in [-0.4, -0.2) is 57.9 Å². The summed E-state index contributed by atoms with van der Waals surface area (Å²) in [4.78, 5) is 10.7. The van der Waals surface area contributed by atoms with Crippen molar-refractivity contribution in [3.8, 4) is 5.75 Å². The van der Waals surface area contributed by atoms with Crippen molar-refractivity contribution in [2.45, 2.75) is 82.2 Å². The van der Waals surface area contributed by atoms with E-state index in [1.165, 1.54) is 11.1 Å². The minimum atomic E-state index is -3.29. The van der Waals surface area contributed by atoms with Crippen LogP contribution >= 0.6 is 0 Å². The van der Waals surface area contributed by atoms with Gasteiger partial charge < -0.3 is 14.8 Å². The Hall–Kier alpha value is -1.48. The molecule has 0 radical (unpaired) electrons. The van der Waals surface area contributed by atoms with Crippen molar-refractivity contribution in [1.29, 1.82) is 0 Å². The molecule has 2 atom stereocenters. The number of hydrogen-bond donors (Lipinski definition) is 2. The van der Waals surface area contributed by atoms with Gasteiger partial charge >= 0.3 is 0 Å². The van der Waals surface area contributed by atoms with Gasteiger partial charge in [-0.05, 0) is 77.0 Å². The fourth-order valence-electron chi connectivity index (χ4n) is 4.62. The molecule has 0 aromatic heterocycles. The van der Waals surface area contributed by atoms with Crippen LogP contribution in [-0.2, 0) is 19.6 Å². The average Bonchev–Trinajstić information content (AvgIpc) is 3.17. The molecule has 8 heteroatoms. The maximum Gasteiger partial charge on any atom is 0.214 e. The Morgan fingerprint density at radius 2 is 1.94 bits per heavy atom. The maximum absolute atomic E-state index is 12.2. The van der Waals surface area contributed by atoms with Crippen LogP contribution in [0.2, 0.25) is 0 Å². The number of rotatable bonds is 10. The molecule has 2 fully saturated rings. The molecule has 0 amide bonds. The Balaban J connectivity index is 1.51. The number of nitrogens with one attached hydrogen (secondary N) is 2. The third kappa shape index (κ3) is 6.28. The van der Waals surface area contributed by atoms with Crippen molar-refractivity contribution in [2.75, 3.05) is 19.8 Å². The first kappa shape index (κ1) is 24.2. The third-order valence-corrected chi connectivity index (χ3v) is 8.34. The maximum atomic E-state index is 12.2. The molecule has 1 saturated heterocycles. The molecule has 7 nitrogen and oxygen atoms in total. The van der Waals surface area contributed by atoms with Gasteiger partial charge in [0.25, 0.3) is 0 Å². The number of aldehydes is 1. The molecule has 0 spiro atoms. The number of sulfonamides is 1. The van der Waals surface area contributed by atoms with Crippen molar-refractivity contribution in [3.05, 3.63) is 29.3 Å². The van der Waals surface area contributed by atoms with Gasteiger partial charge in [0.2, 0.25) is 10.0 Å². The number of carbonyl (C=O) groups is 1. The minimum Gasteiger partial charge on any atom is -0.486 e. The monoisotopic (exact) mass is 452 g/mol. The van der Waals surface area contributed by atoms with Gasteiger partial charge in [-0.25, -0.2) is 13.1 Å². The summed E-state index contributed by atoms with van der Waals surface area (Å²) in [5.74, 6) is 1.21. The molecule has 1 aliphatic carbocycles. The quantitative estimate of drug-likeness (QED) is 0.530. The van der Waals surface area contributed by atoms with Gasteiger partial charge in [-0.2, -0.15) is 0 Å². The van der Waals surface area contributed by atoms with Gasteiger partial charge in [-0.3, -0.25) is 4.79 Å². The predicted molar refractivity (Wildman–Crippen MR) is 121 cm³/mol. The highest BCUT2D eigenvalue weighted by Gasteiger charge is 2.33. The molecule has 1 heterocycles. The molecule has 174 valence electrons. The lowest BCUT2D eigenvalue weighted by molar-refractivity contribution is -0.109. The Bertz CT molecular complexity index is 834. The van der Waals surface area contributed by atoms with Crippen LogP contribution in [0.4, 0.5) is 0 Å². The molecular formula is C23H36N2O5S. The third-order valence-electron chi connectivity index (χ3n) is 6.47. The lowest BCUT2D eigenvalue weighted by Gasteiger charge is -2.32. The number of benzene rings is 1. The average molecular weight is 453 g/mol. The Kier molecular flexibility index (Phi) is 8.50. The van der Waals surface area contributed by atoms with E-state index in [-0.39, 0.29) is 24.8 Å². The van der Waals surface area contributed by atoms with E-state index in [9.17, 15) is 13.2 Å². The summed E-state index contributed by atoms with van der Waals surface area (Å²) in [6, 6.07) is 5.89. The normalized spacial score (nSPS) is 26.8. The zero-order chi connectivity index (χ0) is 22.4. The van der Waals surface area contributed by atoms with Crippen LogP contribution in [0.5, 0.6) is 5.75 Å². The summed E-state index contributed by atoms with van der Waals surface area (Å²) in [5.41, 5.74) is 2.41. The largest absolute Gasteiger partial charge is 0.486 e. The number of carbonyl (C=O) groups excluding carboxylic acids is 1. The van der Waals surface area contributed by atoms with E-state index >= 15 is 0 Å². The van der Waals surface area contributed by atoms with Crippen molar-refractivity contribution < 1.29 is 22.7 Å². The van der Waals surface area contributed by atoms with Gasteiger partial charge in [0.15, 0.2) is 6.29 Å². The minimum absolute atomic E-state index is 0.00552. The molecule has 1 aromatic carbocycles. The summed E-state index contributed by atoms with van der Waals surface area (Å²) in [5, 5.41) is 2.94. The van der Waals surface area contributed by atoms with Crippen LogP contribution in [0.3, 0.4) is 0 Å². The SMILES string of the molecule is Cc1cccc(OCC=O)c1[C@H]1CC[C@@H](OC[C@@H]2NCC[C@@H]2NS(=O)(=O)C(C)C)CC1. The fourth-order valence-corrected chi connectivity index (χ4v) is 5.59. The van der Waals surface area contributed by atoms with Gasteiger partial charge in [0.05, 0.1) is 18.0 Å². The number of hydrogen-bond acceptors (Lipinski definition) is 6. The zero-order valence-corrected chi connectivity index (χ0v) is 19.6. The second-order valence-corrected chi connectivity index (χ2v) is 11.2. The van der Waals surface area contributed by atoms with Crippen LogP contribution in [0, 0.1) is 6.92 Å². The number of ether oxygens (including phenoxy) is 2. The second-order valence-electron chi connectivity index (χ2n) is 8.94. The molecule has 3 rings (SSSR count). The van der Waals surface area contributed by atoms with E-state index in [0.29, 0.717) is 12.5 Å². The Morgan fingerprint density at radius 1 is 1.19 bits per heavy atom. The first-order valence-corrected chi connectivity index (χ1v) is 12.9. The molecule has 1 saturated carbocycles. The fraction of sp³-hybridized carbons (Fsp3) is 0.696. The van der Waals surface area contributed by atoms with E-state index in [0.717, 1.165) is 50.7 Å². The van der Waals surface area contributed by atoms with E-state index in [2.05, 4.69) is 23.0 Å². The molecule has 2 aliphatic rings. The molecule has 2 N–H and O–H groups in total. The standard InChI is InChI=1S/C23H36N2O5S/c1-16(2)31(27,28)25-20-11-12-24-21(20)15-30-19-9-7-18(8-10-19)23-17(3)5-4-6-22(23)29-14-13-26/h4-6,13,16,18-21,24-25H,7-12,14-15H2,1-3H3/t18-,19+,20-,21-/m0/s1. The molecule has 31 heavy (non-hydrogen) atoms. The Morgan fingerprint density at radius 3 is 2.61 bits per heavy atom. The van der Waals surface area contributed by atoms with E-state index in [1.54, 1.807) is 13.8 Å². The summed E-state index contributed by atoms with van der Waals surface area (Å²) in [7, 11) is -3.29. The van der Waals surface area contributed by atoms with Crippen molar-refractivity contribution in [1.82, 2.24) is 10.0 Å². The van der Waals surface area contributed by atoms with Crippen LogP contribution in [0.15, 0.2) is 18.2 Å². The Labute approximate surface area is 186 Å². The number of aryl methyl sites for hydroxylation is 1. The highest BCUT2D eigenvalue weighted by Crippen LogP contribution is 2.40. The summed E-state index contributed by atoms with van der Waals surface area (Å²) < 4.78 is 39.2. The molecule has 1 aliphatic heterocycles. The predicted octanol–water partition coefficient (Wildman–Crippen LogP) is 2.67. The van der Waals surface area contributed by atoms with Crippen LogP contribution in [0.1, 0.15) is 63.0 Å². The highest BCUT2D eigenvalue weighted by atomic mass is 32.2. The lowest BCUT2D eigenvalue weighted by atomic mass is 9.80. The molecular weight excluding hydrogens is 416 g/mol. The van der Waals surface area contributed by atoms with Gasteiger partial charge in [-0.15, -0.1) is 0 Å². The first-order chi connectivity index (χ1) is 14.8.